The Labute approximate surface area is 100 Å². The first kappa shape index (κ1) is 12.8. The van der Waals surface area contributed by atoms with Crippen molar-refractivity contribution in [3.63, 3.8) is 0 Å². The third-order valence-electron chi connectivity index (χ3n) is 2.21. The number of carbonyl (C=O) groups excluding carboxylic acids is 1. The van der Waals surface area contributed by atoms with E-state index in [0.717, 1.165) is 21.9 Å². The van der Waals surface area contributed by atoms with E-state index in [-0.39, 0.29) is 12.4 Å². The van der Waals surface area contributed by atoms with Crippen LogP contribution in [0, 0.1) is 13.8 Å². The summed E-state index contributed by atoms with van der Waals surface area (Å²) in [7, 11) is 1.36. The summed E-state index contributed by atoms with van der Waals surface area (Å²) in [6.07, 6.45) is 0.247. The van der Waals surface area contributed by atoms with Gasteiger partial charge in [-0.3, -0.25) is 4.79 Å². The minimum Gasteiger partial charge on any atom is -0.493 e. The standard InChI is InChI=1S/C12H15ClO3/c1-8-6-10(7-9(2)12(8)13)16-5-4-11(14)15-3/h6-7H,4-5H2,1-3H3. The Morgan fingerprint density at radius 2 is 1.88 bits per heavy atom. The van der Waals surface area contributed by atoms with E-state index in [1.54, 1.807) is 0 Å². The largest absolute Gasteiger partial charge is 0.493 e. The van der Waals surface area contributed by atoms with Crippen molar-refractivity contribution in [2.75, 3.05) is 13.7 Å². The number of hydrogen-bond donors (Lipinski definition) is 0. The van der Waals surface area contributed by atoms with Gasteiger partial charge in [-0.05, 0) is 37.1 Å². The van der Waals surface area contributed by atoms with E-state index < -0.39 is 0 Å². The molecule has 0 radical (unpaired) electrons. The first-order valence-electron chi connectivity index (χ1n) is 5.01. The minimum absolute atomic E-state index is 0.247. The molecular formula is C12H15ClO3. The summed E-state index contributed by atoms with van der Waals surface area (Å²) in [6.45, 7) is 4.15. The average molecular weight is 243 g/mol. The fourth-order valence-corrected chi connectivity index (χ4v) is 1.45. The van der Waals surface area contributed by atoms with Crippen molar-refractivity contribution in [3.8, 4) is 5.75 Å². The summed E-state index contributed by atoms with van der Waals surface area (Å²) < 4.78 is 9.95. The minimum atomic E-state index is -0.276. The number of methoxy groups -OCH3 is 1. The second-order valence-electron chi connectivity index (χ2n) is 3.55. The summed E-state index contributed by atoms with van der Waals surface area (Å²) in [5, 5.41) is 0.750. The number of carbonyl (C=O) groups is 1. The fourth-order valence-electron chi connectivity index (χ4n) is 1.34. The molecular weight excluding hydrogens is 228 g/mol. The third-order valence-corrected chi connectivity index (χ3v) is 2.81. The van der Waals surface area contributed by atoms with Gasteiger partial charge in [-0.15, -0.1) is 0 Å². The van der Waals surface area contributed by atoms with Gasteiger partial charge >= 0.3 is 5.97 Å². The van der Waals surface area contributed by atoms with E-state index in [9.17, 15) is 4.79 Å². The van der Waals surface area contributed by atoms with Crippen molar-refractivity contribution in [2.45, 2.75) is 20.3 Å². The lowest BCUT2D eigenvalue weighted by atomic mass is 10.1. The lowest BCUT2D eigenvalue weighted by molar-refractivity contribution is -0.141. The van der Waals surface area contributed by atoms with Gasteiger partial charge in [-0.2, -0.15) is 0 Å². The quantitative estimate of drug-likeness (QED) is 0.762. The molecule has 1 aromatic carbocycles. The molecule has 0 aliphatic rings. The molecule has 0 bridgehead atoms. The molecule has 0 aliphatic heterocycles. The number of aryl methyl sites for hydroxylation is 2. The third kappa shape index (κ3) is 3.42. The maximum Gasteiger partial charge on any atom is 0.308 e. The van der Waals surface area contributed by atoms with Crippen LogP contribution in [0.25, 0.3) is 0 Å². The van der Waals surface area contributed by atoms with Crippen LogP contribution in [-0.2, 0) is 9.53 Å². The second-order valence-corrected chi connectivity index (χ2v) is 3.92. The molecule has 88 valence electrons. The molecule has 16 heavy (non-hydrogen) atoms. The van der Waals surface area contributed by atoms with Crippen LogP contribution in [0.3, 0.4) is 0 Å². The summed E-state index contributed by atoms with van der Waals surface area (Å²) in [4.78, 5) is 10.9. The molecule has 1 aromatic rings. The van der Waals surface area contributed by atoms with Crippen molar-refractivity contribution in [1.82, 2.24) is 0 Å². The van der Waals surface area contributed by atoms with E-state index in [0.29, 0.717) is 6.61 Å². The highest BCUT2D eigenvalue weighted by molar-refractivity contribution is 6.32. The van der Waals surface area contributed by atoms with Crippen molar-refractivity contribution in [2.24, 2.45) is 0 Å². The highest BCUT2D eigenvalue weighted by Gasteiger charge is 2.05. The molecule has 0 N–H and O–H groups in total. The second kappa shape index (κ2) is 5.75. The van der Waals surface area contributed by atoms with Gasteiger partial charge in [0, 0.05) is 5.02 Å². The summed E-state index contributed by atoms with van der Waals surface area (Å²) >= 11 is 6.03. The zero-order valence-corrected chi connectivity index (χ0v) is 10.4. The highest BCUT2D eigenvalue weighted by atomic mass is 35.5. The molecule has 4 heteroatoms. The molecule has 0 saturated heterocycles. The Morgan fingerprint density at radius 1 is 1.31 bits per heavy atom. The highest BCUT2D eigenvalue weighted by Crippen LogP contribution is 2.25. The van der Waals surface area contributed by atoms with Crippen LogP contribution in [-0.4, -0.2) is 19.7 Å². The van der Waals surface area contributed by atoms with Gasteiger partial charge in [-0.25, -0.2) is 0 Å². The predicted octanol–water partition coefficient (Wildman–Crippen LogP) is 2.90. The smallest absolute Gasteiger partial charge is 0.308 e. The van der Waals surface area contributed by atoms with Crippen LogP contribution in [0.5, 0.6) is 5.75 Å². The van der Waals surface area contributed by atoms with Crippen molar-refractivity contribution in [3.05, 3.63) is 28.3 Å². The zero-order chi connectivity index (χ0) is 12.1. The number of esters is 1. The van der Waals surface area contributed by atoms with Crippen LogP contribution >= 0.6 is 11.6 Å². The fraction of sp³-hybridized carbons (Fsp3) is 0.417. The number of rotatable bonds is 4. The Hall–Kier alpha value is -1.22. The Kier molecular flexibility index (Phi) is 4.62. The monoisotopic (exact) mass is 242 g/mol. The molecule has 0 amide bonds. The first-order chi connectivity index (χ1) is 7.54. The summed E-state index contributed by atoms with van der Waals surface area (Å²) in [5.74, 6) is 0.450. The number of halogens is 1. The Morgan fingerprint density at radius 3 is 2.38 bits per heavy atom. The summed E-state index contributed by atoms with van der Waals surface area (Å²) in [5.41, 5.74) is 1.93. The van der Waals surface area contributed by atoms with Gasteiger partial charge in [0.2, 0.25) is 0 Å². The molecule has 0 heterocycles. The molecule has 1 rings (SSSR count). The Balaban J connectivity index is 2.58. The number of ether oxygens (including phenoxy) is 2. The number of hydrogen-bond acceptors (Lipinski definition) is 3. The van der Waals surface area contributed by atoms with Crippen LogP contribution < -0.4 is 4.74 Å². The Bertz CT molecular complexity index is 365. The maximum atomic E-state index is 10.9. The van der Waals surface area contributed by atoms with E-state index in [4.69, 9.17) is 16.3 Å². The molecule has 0 spiro atoms. The number of benzene rings is 1. The lowest BCUT2D eigenvalue weighted by Crippen LogP contribution is -2.07. The molecule has 3 nitrogen and oxygen atoms in total. The van der Waals surface area contributed by atoms with E-state index in [1.165, 1.54) is 7.11 Å². The topological polar surface area (TPSA) is 35.5 Å². The van der Waals surface area contributed by atoms with E-state index in [2.05, 4.69) is 4.74 Å². The molecule has 0 aliphatic carbocycles. The van der Waals surface area contributed by atoms with Gasteiger partial charge in [0.25, 0.3) is 0 Å². The van der Waals surface area contributed by atoms with Crippen molar-refractivity contribution < 1.29 is 14.3 Å². The normalized spacial score (nSPS) is 10.0. The van der Waals surface area contributed by atoms with Gasteiger partial charge in [0.1, 0.15) is 5.75 Å². The maximum absolute atomic E-state index is 10.9. The van der Waals surface area contributed by atoms with Crippen LogP contribution in [0.4, 0.5) is 0 Å². The van der Waals surface area contributed by atoms with Crippen LogP contribution in [0.15, 0.2) is 12.1 Å². The van der Waals surface area contributed by atoms with Crippen molar-refractivity contribution in [1.29, 1.82) is 0 Å². The SMILES string of the molecule is COC(=O)CCOc1cc(C)c(Cl)c(C)c1. The molecule has 0 atom stereocenters. The predicted molar refractivity (Wildman–Crippen MR) is 63.1 cm³/mol. The van der Waals surface area contributed by atoms with Crippen LogP contribution in [0.2, 0.25) is 5.02 Å². The van der Waals surface area contributed by atoms with E-state index >= 15 is 0 Å². The summed E-state index contributed by atoms with van der Waals surface area (Å²) in [6, 6.07) is 3.71. The zero-order valence-electron chi connectivity index (χ0n) is 9.67. The molecule has 0 fully saturated rings. The van der Waals surface area contributed by atoms with Gasteiger partial charge in [-0.1, -0.05) is 11.6 Å². The molecule has 0 aromatic heterocycles. The van der Waals surface area contributed by atoms with Crippen LogP contribution in [0.1, 0.15) is 17.5 Å². The molecule has 0 unspecified atom stereocenters. The first-order valence-corrected chi connectivity index (χ1v) is 5.38. The van der Waals surface area contributed by atoms with Gasteiger partial charge < -0.3 is 9.47 Å². The van der Waals surface area contributed by atoms with Crippen molar-refractivity contribution >= 4 is 17.6 Å². The van der Waals surface area contributed by atoms with E-state index in [1.807, 2.05) is 26.0 Å². The van der Waals surface area contributed by atoms with Gasteiger partial charge in [0.15, 0.2) is 0 Å². The lowest BCUT2D eigenvalue weighted by Gasteiger charge is -2.09. The average Bonchev–Trinajstić information content (AvgIpc) is 2.25. The molecule has 0 saturated carbocycles. The van der Waals surface area contributed by atoms with Gasteiger partial charge in [0.05, 0.1) is 20.1 Å².